The van der Waals surface area contributed by atoms with Crippen molar-refractivity contribution in [3.8, 4) is 0 Å². The normalized spacial score (nSPS) is 25.7. The van der Waals surface area contributed by atoms with E-state index in [2.05, 4.69) is 22.5 Å². The van der Waals surface area contributed by atoms with Crippen LogP contribution in [0.4, 0.5) is 0 Å². The van der Waals surface area contributed by atoms with Crippen molar-refractivity contribution in [1.29, 1.82) is 0 Å². The molecular weight excluding hydrogens is 154 g/mol. The monoisotopic (exact) mass is 169 g/mol. The average Bonchev–Trinajstić information content (AvgIpc) is 2.34. The zero-order valence-electron chi connectivity index (χ0n) is 7.55. The van der Waals surface area contributed by atoms with Crippen molar-refractivity contribution in [3.63, 3.8) is 0 Å². The van der Waals surface area contributed by atoms with E-state index in [9.17, 15) is 4.79 Å². The van der Waals surface area contributed by atoms with Gasteiger partial charge in [-0.05, 0) is 13.3 Å². The minimum Gasteiger partial charge on any atom is -0.344 e. The number of amides is 1. The number of rotatable bonds is 3. The fourth-order valence-electron chi connectivity index (χ4n) is 1.21. The molecule has 0 aliphatic carbocycles. The molecule has 2 N–H and O–H groups in total. The number of nitrogens with zero attached hydrogens (tertiary/aromatic N) is 1. The van der Waals surface area contributed by atoms with Crippen LogP contribution in [-0.2, 0) is 4.79 Å². The van der Waals surface area contributed by atoms with Crippen LogP contribution >= 0.6 is 0 Å². The molecule has 1 aliphatic heterocycles. The van der Waals surface area contributed by atoms with Crippen LogP contribution in [0.2, 0.25) is 0 Å². The van der Waals surface area contributed by atoms with Gasteiger partial charge in [0.2, 0.25) is 5.91 Å². The number of nitrogens with one attached hydrogen (secondary N) is 2. The summed E-state index contributed by atoms with van der Waals surface area (Å²) in [6, 6.07) is -0.0692. The summed E-state index contributed by atoms with van der Waals surface area (Å²) in [6.45, 7) is 4.69. The van der Waals surface area contributed by atoms with Crippen molar-refractivity contribution in [3.05, 3.63) is 0 Å². The van der Waals surface area contributed by atoms with Crippen LogP contribution in [0.3, 0.4) is 0 Å². The van der Waals surface area contributed by atoms with Crippen LogP contribution in [0.1, 0.15) is 26.7 Å². The van der Waals surface area contributed by atoms with Crippen LogP contribution in [0, 0.1) is 0 Å². The molecule has 0 radical (unpaired) electrons. The first kappa shape index (κ1) is 9.03. The number of hydrogen-bond acceptors (Lipinski definition) is 2. The van der Waals surface area contributed by atoms with Crippen molar-refractivity contribution >= 4 is 11.9 Å². The highest BCUT2D eigenvalue weighted by molar-refractivity contribution is 6.06. The molecule has 12 heavy (non-hydrogen) atoms. The molecule has 1 saturated heterocycles. The maximum Gasteiger partial charge on any atom is 0.249 e. The molecule has 4 nitrogen and oxygen atoms in total. The van der Waals surface area contributed by atoms with E-state index in [1.54, 1.807) is 0 Å². The molecule has 1 atom stereocenters. The Morgan fingerprint density at radius 3 is 2.83 bits per heavy atom. The second-order valence-corrected chi connectivity index (χ2v) is 2.80. The molecule has 0 aromatic rings. The van der Waals surface area contributed by atoms with Gasteiger partial charge >= 0.3 is 0 Å². The topological polar surface area (TPSA) is 53.5 Å². The van der Waals surface area contributed by atoms with Crippen molar-refractivity contribution in [2.24, 2.45) is 4.99 Å². The second kappa shape index (κ2) is 4.09. The fourth-order valence-corrected chi connectivity index (χ4v) is 1.21. The molecule has 1 unspecified atom stereocenters. The minimum atomic E-state index is -0.0692. The summed E-state index contributed by atoms with van der Waals surface area (Å²) < 4.78 is 0. The number of carbonyl (C=O) groups excluding carboxylic acids is 1. The number of guanidine groups is 1. The van der Waals surface area contributed by atoms with Crippen LogP contribution in [0.5, 0.6) is 0 Å². The van der Waals surface area contributed by atoms with E-state index >= 15 is 0 Å². The third-order valence-electron chi connectivity index (χ3n) is 1.76. The van der Waals surface area contributed by atoms with E-state index in [1.807, 2.05) is 6.92 Å². The molecule has 0 aromatic heterocycles. The molecule has 0 bridgehead atoms. The lowest BCUT2D eigenvalue weighted by Gasteiger charge is -2.03. The number of hydrogen-bond donors (Lipinski definition) is 2. The fraction of sp³-hybridized carbons (Fsp3) is 0.750. The third-order valence-corrected chi connectivity index (χ3v) is 1.76. The lowest BCUT2D eigenvalue weighted by atomic mass is 10.2. The third kappa shape index (κ3) is 1.96. The Kier molecular flexibility index (Phi) is 3.08. The van der Waals surface area contributed by atoms with Gasteiger partial charge in [0.25, 0.3) is 0 Å². The number of aliphatic imine (C=N–C) groups is 1. The smallest absolute Gasteiger partial charge is 0.249 e. The second-order valence-electron chi connectivity index (χ2n) is 2.80. The largest absolute Gasteiger partial charge is 0.344 e. The van der Waals surface area contributed by atoms with Gasteiger partial charge in [-0.1, -0.05) is 13.3 Å². The molecule has 1 rings (SSSR count). The molecule has 1 heterocycles. The predicted octanol–water partition coefficient (Wildman–Crippen LogP) is 0.250. The van der Waals surface area contributed by atoms with Crippen LogP contribution in [0.15, 0.2) is 4.99 Å². The van der Waals surface area contributed by atoms with Gasteiger partial charge in [0.15, 0.2) is 5.96 Å². The number of carbonyl (C=O) groups is 1. The Morgan fingerprint density at radius 2 is 2.25 bits per heavy atom. The van der Waals surface area contributed by atoms with Gasteiger partial charge in [0.1, 0.15) is 6.04 Å². The maximum absolute atomic E-state index is 11.2. The molecule has 4 heteroatoms. The van der Waals surface area contributed by atoms with Crippen LogP contribution < -0.4 is 10.6 Å². The summed E-state index contributed by atoms with van der Waals surface area (Å²) in [4.78, 5) is 15.3. The minimum absolute atomic E-state index is 0.0454. The van der Waals surface area contributed by atoms with Gasteiger partial charge in [-0.25, -0.2) is 0 Å². The molecule has 0 spiro atoms. The molecule has 0 aromatic carbocycles. The summed E-state index contributed by atoms with van der Waals surface area (Å²) in [5, 5.41) is 5.72. The summed E-state index contributed by atoms with van der Waals surface area (Å²) in [5.41, 5.74) is 0. The standard InChI is InChI=1S/C8H15N3O/c1-3-5-6-7(12)11-8(10-6)9-4-2/h6H,3-5H2,1-2H3,(H2,9,10,11,12). The summed E-state index contributed by atoms with van der Waals surface area (Å²) in [5.74, 6) is 0.671. The molecule has 68 valence electrons. The highest BCUT2D eigenvalue weighted by Gasteiger charge is 2.26. The lowest BCUT2D eigenvalue weighted by Crippen LogP contribution is -2.28. The first-order valence-electron chi connectivity index (χ1n) is 4.39. The molecule has 0 saturated carbocycles. The van der Waals surface area contributed by atoms with Crippen molar-refractivity contribution in [2.75, 3.05) is 6.54 Å². The maximum atomic E-state index is 11.2. The summed E-state index contributed by atoms with van der Waals surface area (Å²) >= 11 is 0. The Morgan fingerprint density at radius 1 is 1.50 bits per heavy atom. The highest BCUT2D eigenvalue weighted by Crippen LogP contribution is 2.01. The quantitative estimate of drug-likeness (QED) is 0.636. The Hall–Kier alpha value is -1.06. The Labute approximate surface area is 72.4 Å². The van der Waals surface area contributed by atoms with Gasteiger partial charge < -0.3 is 5.32 Å². The predicted molar refractivity (Wildman–Crippen MR) is 48.0 cm³/mol. The van der Waals surface area contributed by atoms with Gasteiger partial charge in [-0.15, -0.1) is 0 Å². The van der Waals surface area contributed by atoms with Crippen molar-refractivity contribution in [2.45, 2.75) is 32.7 Å². The van der Waals surface area contributed by atoms with E-state index in [0.717, 1.165) is 12.8 Å². The van der Waals surface area contributed by atoms with Gasteiger partial charge in [-0.2, -0.15) is 0 Å². The van der Waals surface area contributed by atoms with Gasteiger partial charge in [0, 0.05) is 6.54 Å². The zero-order valence-corrected chi connectivity index (χ0v) is 7.55. The first-order chi connectivity index (χ1) is 5.77. The van der Waals surface area contributed by atoms with Crippen LogP contribution in [0.25, 0.3) is 0 Å². The molecular formula is C8H15N3O. The van der Waals surface area contributed by atoms with E-state index in [4.69, 9.17) is 0 Å². The van der Waals surface area contributed by atoms with Crippen molar-refractivity contribution < 1.29 is 4.79 Å². The van der Waals surface area contributed by atoms with Crippen molar-refractivity contribution in [1.82, 2.24) is 10.6 Å². The van der Waals surface area contributed by atoms with E-state index in [-0.39, 0.29) is 11.9 Å². The summed E-state index contributed by atoms with van der Waals surface area (Å²) in [7, 11) is 0. The molecule has 1 fully saturated rings. The SMILES string of the molecule is CCCC1NC(=NCC)NC1=O. The van der Waals surface area contributed by atoms with E-state index in [0.29, 0.717) is 12.5 Å². The highest BCUT2D eigenvalue weighted by atomic mass is 16.2. The molecule has 1 aliphatic rings. The first-order valence-corrected chi connectivity index (χ1v) is 4.39. The Balaban J connectivity index is 2.50. The Bertz CT molecular complexity index is 200. The van der Waals surface area contributed by atoms with E-state index in [1.165, 1.54) is 0 Å². The van der Waals surface area contributed by atoms with Gasteiger partial charge in [0.05, 0.1) is 0 Å². The summed E-state index contributed by atoms with van der Waals surface area (Å²) in [6.07, 6.45) is 1.87. The lowest BCUT2D eigenvalue weighted by molar-refractivity contribution is -0.120. The zero-order chi connectivity index (χ0) is 8.97. The average molecular weight is 169 g/mol. The molecule has 1 amide bonds. The van der Waals surface area contributed by atoms with Gasteiger partial charge in [-0.3, -0.25) is 15.1 Å². The van der Waals surface area contributed by atoms with E-state index < -0.39 is 0 Å². The van der Waals surface area contributed by atoms with Crippen LogP contribution in [-0.4, -0.2) is 24.5 Å².